The molecule has 0 aliphatic rings. The average Bonchev–Trinajstić information content (AvgIpc) is 2.52. The zero-order valence-corrected chi connectivity index (χ0v) is 11.4. The predicted molar refractivity (Wildman–Crippen MR) is 75.7 cm³/mol. The highest BCUT2D eigenvalue weighted by molar-refractivity contribution is 5.79. The van der Waals surface area contributed by atoms with E-state index in [0.29, 0.717) is 12.2 Å². The molecule has 0 bridgehead atoms. The molecule has 0 unspecified atom stereocenters. The summed E-state index contributed by atoms with van der Waals surface area (Å²) in [5.74, 6) is 0.771. The van der Waals surface area contributed by atoms with E-state index in [1.54, 1.807) is 7.11 Å². The fourth-order valence-electron chi connectivity index (χ4n) is 1.62. The molecule has 3 nitrogen and oxygen atoms in total. The molecule has 0 aliphatic carbocycles. The van der Waals surface area contributed by atoms with E-state index in [1.807, 2.05) is 24.3 Å². The Morgan fingerprint density at radius 2 is 1.71 bits per heavy atom. The standard InChI is InChI=1S/C16H14F2NO2/c1-20-15-8-4-13(5-9-15)11-21-19-10-12-2-6-14(7-3-12)16(17)18/h2-9,16H,11H2,1H3. The maximum absolute atomic E-state index is 12.4. The van der Waals surface area contributed by atoms with Crippen LogP contribution in [0.4, 0.5) is 8.78 Å². The van der Waals surface area contributed by atoms with Crippen molar-refractivity contribution in [2.45, 2.75) is 13.0 Å². The molecule has 2 aromatic carbocycles. The molecular weight excluding hydrogens is 276 g/mol. The van der Waals surface area contributed by atoms with Crippen LogP contribution in [0.5, 0.6) is 5.75 Å². The Balaban J connectivity index is 1.84. The summed E-state index contributed by atoms with van der Waals surface area (Å²) in [7, 11) is 1.60. The smallest absolute Gasteiger partial charge is 0.263 e. The van der Waals surface area contributed by atoms with Gasteiger partial charge in [-0.15, -0.1) is 0 Å². The van der Waals surface area contributed by atoms with E-state index in [4.69, 9.17) is 9.57 Å². The van der Waals surface area contributed by atoms with E-state index >= 15 is 0 Å². The highest BCUT2D eigenvalue weighted by Crippen LogP contribution is 2.18. The molecule has 0 atom stereocenters. The number of benzene rings is 2. The molecule has 0 spiro atoms. The van der Waals surface area contributed by atoms with Gasteiger partial charge < -0.3 is 9.57 Å². The molecule has 2 rings (SSSR count). The fraction of sp³-hybridized carbons (Fsp3) is 0.188. The van der Waals surface area contributed by atoms with Crippen LogP contribution in [0.2, 0.25) is 0 Å². The first-order valence-electron chi connectivity index (χ1n) is 6.28. The number of nitrogens with zero attached hydrogens (tertiary/aromatic N) is 1. The van der Waals surface area contributed by atoms with E-state index in [2.05, 4.69) is 11.4 Å². The molecule has 0 aliphatic heterocycles. The summed E-state index contributed by atoms with van der Waals surface area (Å²) in [6.45, 7) is 0.298. The van der Waals surface area contributed by atoms with Crippen LogP contribution in [0.15, 0.2) is 53.7 Å². The van der Waals surface area contributed by atoms with Crippen LogP contribution >= 0.6 is 0 Å². The van der Waals surface area contributed by atoms with Crippen LogP contribution in [0.25, 0.3) is 0 Å². The number of methoxy groups -OCH3 is 1. The summed E-state index contributed by atoms with van der Waals surface area (Å²) < 4.78 is 29.8. The number of rotatable bonds is 6. The number of ether oxygens (including phenoxy) is 1. The van der Waals surface area contributed by atoms with E-state index in [1.165, 1.54) is 24.3 Å². The zero-order chi connectivity index (χ0) is 15.1. The van der Waals surface area contributed by atoms with Gasteiger partial charge in [0.2, 0.25) is 0 Å². The predicted octanol–water partition coefficient (Wildman–Crippen LogP) is 4.06. The Morgan fingerprint density at radius 1 is 1.05 bits per heavy atom. The Hall–Kier alpha value is -2.43. The lowest BCUT2D eigenvalue weighted by Crippen LogP contribution is -1.90. The highest BCUT2D eigenvalue weighted by atomic mass is 19.3. The van der Waals surface area contributed by atoms with Gasteiger partial charge in [-0.05, 0) is 17.7 Å². The van der Waals surface area contributed by atoms with Crippen molar-refractivity contribution in [1.29, 1.82) is 0 Å². The van der Waals surface area contributed by atoms with Crippen molar-refractivity contribution >= 4 is 6.21 Å². The topological polar surface area (TPSA) is 30.8 Å². The van der Waals surface area contributed by atoms with Crippen molar-refractivity contribution in [3.63, 3.8) is 0 Å². The summed E-state index contributed by atoms with van der Waals surface area (Å²) in [4.78, 5) is 5.10. The van der Waals surface area contributed by atoms with E-state index < -0.39 is 6.43 Å². The third-order valence-corrected chi connectivity index (χ3v) is 2.79. The SMILES string of the molecule is COc1ccc(CO/N=[C]\c2ccc(C(F)F)cc2)cc1. The van der Waals surface area contributed by atoms with Crippen molar-refractivity contribution in [2.75, 3.05) is 7.11 Å². The van der Waals surface area contributed by atoms with Crippen LogP contribution in [0, 0.1) is 0 Å². The van der Waals surface area contributed by atoms with Gasteiger partial charge in [0.05, 0.1) is 7.11 Å². The first-order chi connectivity index (χ1) is 10.2. The maximum Gasteiger partial charge on any atom is 0.263 e. The van der Waals surface area contributed by atoms with Gasteiger partial charge in [-0.2, -0.15) is 0 Å². The molecule has 0 saturated heterocycles. The highest BCUT2D eigenvalue weighted by Gasteiger charge is 2.05. The van der Waals surface area contributed by atoms with Crippen LogP contribution in [0.1, 0.15) is 23.1 Å². The molecule has 2 aromatic rings. The summed E-state index contributed by atoms with van der Waals surface area (Å²) >= 11 is 0. The minimum atomic E-state index is -2.47. The summed E-state index contributed by atoms with van der Waals surface area (Å²) in [5, 5.41) is 3.69. The van der Waals surface area contributed by atoms with Gasteiger partial charge in [0.25, 0.3) is 6.43 Å². The Labute approximate surface area is 121 Å². The average molecular weight is 290 g/mol. The lowest BCUT2D eigenvalue weighted by molar-refractivity contribution is 0.132. The molecule has 0 saturated carbocycles. The monoisotopic (exact) mass is 290 g/mol. The molecule has 0 amide bonds. The minimum Gasteiger partial charge on any atom is -0.497 e. The molecule has 0 heterocycles. The van der Waals surface area contributed by atoms with Crippen molar-refractivity contribution in [1.82, 2.24) is 0 Å². The lowest BCUT2D eigenvalue weighted by Gasteiger charge is -2.02. The van der Waals surface area contributed by atoms with Crippen molar-refractivity contribution in [3.05, 3.63) is 65.2 Å². The summed E-state index contributed by atoms with van der Waals surface area (Å²) in [5.41, 5.74) is 1.49. The van der Waals surface area contributed by atoms with Crippen molar-refractivity contribution in [2.24, 2.45) is 5.16 Å². The summed E-state index contributed by atoms with van der Waals surface area (Å²) in [6.07, 6.45) is 0.167. The molecule has 0 N–H and O–H groups in total. The van der Waals surface area contributed by atoms with Gasteiger partial charge >= 0.3 is 0 Å². The second-order valence-corrected chi connectivity index (χ2v) is 4.25. The molecule has 5 heteroatoms. The normalized spacial score (nSPS) is 11.0. The fourth-order valence-corrected chi connectivity index (χ4v) is 1.62. The van der Waals surface area contributed by atoms with Crippen LogP contribution in [0.3, 0.4) is 0 Å². The number of hydrogen-bond donors (Lipinski definition) is 0. The zero-order valence-electron chi connectivity index (χ0n) is 11.4. The largest absolute Gasteiger partial charge is 0.497 e. The van der Waals surface area contributed by atoms with E-state index in [-0.39, 0.29) is 5.56 Å². The third kappa shape index (κ3) is 4.56. The Kier molecular flexibility index (Phi) is 5.26. The van der Waals surface area contributed by atoms with Gasteiger partial charge in [-0.3, -0.25) is 0 Å². The van der Waals surface area contributed by atoms with Gasteiger partial charge in [0.1, 0.15) is 18.6 Å². The second-order valence-electron chi connectivity index (χ2n) is 4.25. The number of hydrogen-bond acceptors (Lipinski definition) is 3. The van der Waals surface area contributed by atoms with Gasteiger partial charge in [0.15, 0.2) is 0 Å². The number of alkyl halides is 2. The van der Waals surface area contributed by atoms with Crippen molar-refractivity contribution < 1.29 is 18.4 Å². The molecule has 1 radical (unpaired) electrons. The van der Waals surface area contributed by atoms with Crippen molar-refractivity contribution in [3.8, 4) is 5.75 Å². The van der Waals surface area contributed by atoms with Gasteiger partial charge in [-0.1, -0.05) is 41.6 Å². The molecule has 0 aromatic heterocycles. The molecular formula is C16H14F2NO2. The first-order valence-corrected chi connectivity index (χ1v) is 6.28. The third-order valence-electron chi connectivity index (χ3n) is 2.79. The van der Waals surface area contributed by atoms with E-state index in [9.17, 15) is 8.78 Å². The first kappa shape index (κ1) is 15.0. The number of halogens is 2. The molecule has 109 valence electrons. The quantitative estimate of drug-likeness (QED) is 0.593. The maximum atomic E-state index is 12.4. The minimum absolute atomic E-state index is 0.0281. The van der Waals surface area contributed by atoms with E-state index in [0.717, 1.165) is 11.3 Å². The van der Waals surface area contributed by atoms with Crippen LogP contribution in [-0.4, -0.2) is 13.3 Å². The summed E-state index contributed by atoms with van der Waals surface area (Å²) in [6, 6.07) is 13.1. The lowest BCUT2D eigenvalue weighted by atomic mass is 10.1. The molecule has 21 heavy (non-hydrogen) atoms. The van der Waals surface area contributed by atoms with Gasteiger partial charge in [0, 0.05) is 11.1 Å². The van der Waals surface area contributed by atoms with Gasteiger partial charge in [-0.25, -0.2) is 8.78 Å². The second kappa shape index (κ2) is 7.38. The Morgan fingerprint density at radius 3 is 2.29 bits per heavy atom. The van der Waals surface area contributed by atoms with Crippen LogP contribution in [-0.2, 0) is 11.4 Å². The molecule has 0 fully saturated rings. The van der Waals surface area contributed by atoms with Crippen LogP contribution < -0.4 is 4.74 Å². The Bertz CT molecular complexity index is 580.